The lowest BCUT2D eigenvalue weighted by molar-refractivity contribution is 0.415. The molecule has 0 saturated heterocycles. The maximum absolute atomic E-state index is 5.24. The summed E-state index contributed by atoms with van der Waals surface area (Å²) in [5.41, 5.74) is 3.21. The van der Waals surface area contributed by atoms with Crippen molar-refractivity contribution in [1.82, 2.24) is 14.8 Å². The van der Waals surface area contributed by atoms with E-state index >= 15 is 0 Å². The Balaban J connectivity index is 1.92. The van der Waals surface area contributed by atoms with Gasteiger partial charge in [0.25, 0.3) is 0 Å². The van der Waals surface area contributed by atoms with Crippen molar-refractivity contribution in [3.63, 3.8) is 0 Å². The van der Waals surface area contributed by atoms with Crippen molar-refractivity contribution in [2.75, 3.05) is 19.0 Å². The first-order chi connectivity index (χ1) is 11.3. The minimum Gasteiger partial charge on any atom is -0.497 e. The van der Waals surface area contributed by atoms with Gasteiger partial charge in [-0.3, -0.25) is 4.57 Å². The second-order valence-electron chi connectivity index (χ2n) is 5.74. The molecule has 0 aliphatic carbocycles. The third-order valence-corrected chi connectivity index (χ3v) is 4.22. The van der Waals surface area contributed by atoms with E-state index in [-0.39, 0.29) is 5.92 Å². The topological polar surface area (TPSA) is 52.0 Å². The van der Waals surface area contributed by atoms with Gasteiger partial charge in [-0.15, -0.1) is 10.2 Å². The average molecular weight is 306 g/mol. The zero-order valence-corrected chi connectivity index (χ0v) is 13.2. The minimum atomic E-state index is 0.280. The molecular weight excluding hydrogens is 288 g/mol. The zero-order chi connectivity index (χ0) is 15.8. The third-order valence-electron chi connectivity index (χ3n) is 4.22. The molecule has 2 heterocycles. The van der Waals surface area contributed by atoms with Gasteiger partial charge in [0.2, 0.25) is 0 Å². The number of aromatic nitrogens is 3. The first-order valence-corrected chi connectivity index (χ1v) is 7.71. The highest BCUT2D eigenvalue weighted by atomic mass is 16.5. The van der Waals surface area contributed by atoms with Crippen LogP contribution in [-0.2, 0) is 0 Å². The normalized spacial score (nSPS) is 16.0. The van der Waals surface area contributed by atoms with Gasteiger partial charge in [-0.25, -0.2) is 0 Å². The highest BCUT2D eigenvalue weighted by Crippen LogP contribution is 2.33. The summed E-state index contributed by atoms with van der Waals surface area (Å²) >= 11 is 0. The van der Waals surface area contributed by atoms with Crippen LogP contribution in [-0.4, -0.2) is 28.4 Å². The minimum absolute atomic E-state index is 0.280. The van der Waals surface area contributed by atoms with Gasteiger partial charge in [-0.1, -0.05) is 19.1 Å². The highest BCUT2D eigenvalue weighted by Gasteiger charge is 2.24. The van der Waals surface area contributed by atoms with Crippen molar-refractivity contribution < 1.29 is 4.74 Å². The first kappa shape index (κ1) is 13.8. The third kappa shape index (κ3) is 2.25. The first-order valence-electron chi connectivity index (χ1n) is 7.71. The van der Waals surface area contributed by atoms with Crippen LogP contribution in [0.3, 0.4) is 0 Å². The van der Waals surface area contributed by atoms with Crippen molar-refractivity contribution >= 4 is 5.69 Å². The molecule has 0 bridgehead atoms. The maximum Gasteiger partial charge on any atom is 0.168 e. The lowest BCUT2D eigenvalue weighted by atomic mass is 10.1. The smallest absolute Gasteiger partial charge is 0.168 e. The van der Waals surface area contributed by atoms with Gasteiger partial charge < -0.3 is 10.1 Å². The van der Waals surface area contributed by atoms with Crippen LogP contribution in [0.25, 0.3) is 17.1 Å². The van der Waals surface area contributed by atoms with Crippen molar-refractivity contribution in [3.8, 4) is 22.8 Å². The van der Waals surface area contributed by atoms with E-state index < -0.39 is 0 Å². The van der Waals surface area contributed by atoms with Crippen LogP contribution in [0.1, 0.15) is 18.7 Å². The number of fused-ring (bicyclic) bond motifs is 3. The van der Waals surface area contributed by atoms with Gasteiger partial charge in [0.05, 0.1) is 18.5 Å². The molecule has 1 N–H and O–H groups in total. The molecule has 0 unspecified atom stereocenters. The Hall–Kier alpha value is -2.82. The van der Waals surface area contributed by atoms with Crippen LogP contribution in [0.5, 0.6) is 5.75 Å². The van der Waals surface area contributed by atoms with E-state index in [9.17, 15) is 0 Å². The second-order valence-corrected chi connectivity index (χ2v) is 5.74. The molecule has 0 spiro atoms. The molecule has 4 rings (SSSR count). The molecule has 5 heteroatoms. The summed E-state index contributed by atoms with van der Waals surface area (Å²) in [6.07, 6.45) is 0. The molecule has 0 fully saturated rings. The molecule has 0 amide bonds. The quantitative estimate of drug-likeness (QED) is 0.787. The van der Waals surface area contributed by atoms with Crippen molar-refractivity contribution in [1.29, 1.82) is 0 Å². The number of hydrogen-bond acceptors (Lipinski definition) is 4. The molecule has 1 aliphatic rings. The summed E-state index contributed by atoms with van der Waals surface area (Å²) in [5.74, 6) is 2.95. The number of nitrogens with zero attached hydrogens (tertiary/aromatic N) is 3. The van der Waals surface area contributed by atoms with Crippen molar-refractivity contribution in [2.24, 2.45) is 0 Å². The highest BCUT2D eigenvalue weighted by molar-refractivity contribution is 5.68. The Morgan fingerprint density at radius 1 is 1.09 bits per heavy atom. The fraction of sp³-hybridized carbons (Fsp3) is 0.222. The molecule has 0 radical (unpaired) electrons. The zero-order valence-electron chi connectivity index (χ0n) is 13.2. The molecule has 1 aromatic heterocycles. The summed E-state index contributed by atoms with van der Waals surface area (Å²) in [6, 6.07) is 16.2. The molecule has 3 aromatic rings. The van der Waals surface area contributed by atoms with Crippen LogP contribution in [0.15, 0.2) is 48.5 Å². The number of hydrogen-bond donors (Lipinski definition) is 1. The van der Waals surface area contributed by atoms with Crippen molar-refractivity contribution in [3.05, 3.63) is 54.4 Å². The molecule has 0 saturated carbocycles. The van der Waals surface area contributed by atoms with Crippen LogP contribution >= 0.6 is 0 Å². The Morgan fingerprint density at radius 2 is 1.87 bits per heavy atom. The van der Waals surface area contributed by atoms with Crippen LogP contribution < -0.4 is 10.1 Å². The second kappa shape index (κ2) is 5.43. The average Bonchev–Trinajstić information content (AvgIpc) is 2.99. The number of benzene rings is 2. The van der Waals surface area contributed by atoms with E-state index in [2.05, 4.69) is 39.1 Å². The Labute approximate surface area is 134 Å². The van der Waals surface area contributed by atoms with Gasteiger partial charge >= 0.3 is 0 Å². The summed E-state index contributed by atoms with van der Waals surface area (Å²) in [7, 11) is 1.67. The maximum atomic E-state index is 5.24. The predicted octanol–water partition coefficient (Wildman–Crippen LogP) is 3.47. The van der Waals surface area contributed by atoms with Gasteiger partial charge in [0, 0.05) is 18.0 Å². The lowest BCUT2D eigenvalue weighted by Crippen LogP contribution is -2.09. The monoisotopic (exact) mass is 306 g/mol. The van der Waals surface area contributed by atoms with Gasteiger partial charge in [0.1, 0.15) is 11.6 Å². The van der Waals surface area contributed by atoms with Crippen LogP contribution in [0.2, 0.25) is 0 Å². The Kier molecular flexibility index (Phi) is 3.26. The van der Waals surface area contributed by atoms with E-state index in [4.69, 9.17) is 4.74 Å². The van der Waals surface area contributed by atoms with E-state index in [0.29, 0.717) is 0 Å². The van der Waals surface area contributed by atoms with E-state index in [1.807, 2.05) is 36.4 Å². The predicted molar refractivity (Wildman–Crippen MR) is 90.3 cm³/mol. The summed E-state index contributed by atoms with van der Waals surface area (Å²) in [6.45, 7) is 3.01. The number of nitrogens with one attached hydrogen (secondary N) is 1. The van der Waals surface area contributed by atoms with Crippen molar-refractivity contribution in [2.45, 2.75) is 12.8 Å². The fourth-order valence-electron chi connectivity index (χ4n) is 2.95. The molecule has 1 atom stereocenters. The fourth-order valence-corrected chi connectivity index (χ4v) is 2.95. The summed E-state index contributed by atoms with van der Waals surface area (Å²) < 4.78 is 7.39. The van der Waals surface area contributed by atoms with Crippen LogP contribution in [0.4, 0.5) is 5.69 Å². The molecular formula is C18H18N4O. The Morgan fingerprint density at radius 3 is 2.65 bits per heavy atom. The van der Waals surface area contributed by atoms with Gasteiger partial charge in [-0.2, -0.15) is 0 Å². The number of rotatable bonds is 2. The molecule has 1 aliphatic heterocycles. The summed E-state index contributed by atoms with van der Waals surface area (Å²) in [4.78, 5) is 0. The molecule has 23 heavy (non-hydrogen) atoms. The molecule has 2 aromatic carbocycles. The van der Waals surface area contributed by atoms with Gasteiger partial charge in [-0.05, 0) is 36.4 Å². The van der Waals surface area contributed by atoms with E-state index in [0.717, 1.165) is 40.9 Å². The molecule has 5 nitrogen and oxygen atoms in total. The van der Waals surface area contributed by atoms with E-state index in [1.165, 1.54) is 0 Å². The standard InChI is InChI=1S/C18H18N4O/c1-12-11-19-15-5-3-4-6-16(15)22-17(12)20-21-18(22)13-7-9-14(23-2)10-8-13/h3-10,12,19H,11H2,1-2H3/t12-/m0/s1. The number of para-hydroxylation sites is 2. The SMILES string of the molecule is COc1ccc(-c2nnc3n2-c2ccccc2NC[C@@H]3C)cc1. The number of methoxy groups -OCH3 is 1. The molecule has 116 valence electrons. The lowest BCUT2D eigenvalue weighted by Gasteiger charge is -2.12. The largest absolute Gasteiger partial charge is 0.497 e. The Bertz CT molecular complexity index is 838. The number of anilines is 1. The summed E-state index contributed by atoms with van der Waals surface area (Å²) in [5, 5.41) is 12.4. The van der Waals surface area contributed by atoms with E-state index in [1.54, 1.807) is 7.11 Å². The number of ether oxygens (including phenoxy) is 1. The van der Waals surface area contributed by atoms with Crippen LogP contribution in [0, 0.1) is 0 Å². The van der Waals surface area contributed by atoms with Gasteiger partial charge in [0.15, 0.2) is 5.82 Å².